The second-order valence-electron chi connectivity index (χ2n) is 3.77. The highest BCUT2D eigenvalue weighted by Crippen LogP contribution is 2.08. The first-order valence-corrected chi connectivity index (χ1v) is 5.16. The third-order valence-electron chi connectivity index (χ3n) is 2.04. The number of nitrogens with zero attached hydrogens (tertiary/aromatic N) is 1. The lowest BCUT2D eigenvalue weighted by Gasteiger charge is -2.06. The van der Waals surface area contributed by atoms with Crippen molar-refractivity contribution in [3.05, 3.63) is 29.6 Å². The number of aryl methyl sites for hydroxylation is 1. The smallest absolute Gasteiger partial charge is 0.0828 e. The van der Waals surface area contributed by atoms with Crippen LogP contribution in [0.15, 0.2) is 18.3 Å². The van der Waals surface area contributed by atoms with Gasteiger partial charge in [-0.2, -0.15) is 0 Å². The molecule has 0 amide bonds. The van der Waals surface area contributed by atoms with Gasteiger partial charge in [0.1, 0.15) is 0 Å². The van der Waals surface area contributed by atoms with Crippen LogP contribution in [0, 0.1) is 5.92 Å². The summed E-state index contributed by atoms with van der Waals surface area (Å²) in [7, 11) is 0. The molecule has 0 spiro atoms. The van der Waals surface area contributed by atoms with E-state index in [0.29, 0.717) is 11.6 Å². The molecule has 3 heteroatoms. The van der Waals surface area contributed by atoms with Crippen molar-refractivity contribution in [1.82, 2.24) is 4.98 Å². The van der Waals surface area contributed by atoms with E-state index in [9.17, 15) is 4.79 Å². The summed E-state index contributed by atoms with van der Waals surface area (Å²) in [5.74, 6) is 0.690. The topological polar surface area (TPSA) is 30.0 Å². The molecular weight excluding hydrogens is 194 g/mol. The summed E-state index contributed by atoms with van der Waals surface area (Å²) in [5, 5.41) is -0.389. The van der Waals surface area contributed by atoms with E-state index in [4.69, 9.17) is 0 Å². The van der Waals surface area contributed by atoms with Gasteiger partial charge >= 0.3 is 0 Å². The molecule has 1 aromatic rings. The average Bonchev–Trinajstić information content (AvgIpc) is 2.15. The second kappa shape index (κ2) is 5.05. The van der Waals surface area contributed by atoms with Crippen LogP contribution >= 0.6 is 0 Å². The summed E-state index contributed by atoms with van der Waals surface area (Å²) < 4.78 is 0. The van der Waals surface area contributed by atoms with E-state index < -0.39 is 0 Å². The van der Waals surface area contributed by atoms with Crippen molar-refractivity contribution in [3.63, 3.8) is 0 Å². The van der Waals surface area contributed by atoms with Crippen LogP contribution in [0.5, 0.6) is 0 Å². The van der Waals surface area contributed by atoms with Crippen molar-refractivity contribution < 1.29 is 4.79 Å². The molecule has 76 valence electrons. The molecule has 0 aliphatic heterocycles. The van der Waals surface area contributed by atoms with E-state index in [-0.39, 0.29) is 5.12 Å². The highest BCUT2D eigenvalue weighted by atomic mass is 32.1. The van der Waals surface area contributed by atoms with Gasteiger partial charge in [-0.15, -0.1) is 0 Å². The summed E-state index contributed by atoms with van der Waals surface area (Å²) in [6.07, 6.45) is 3.89. The van der Waals surface area contributed by atoms with Crippen molar-refractivity contribution in [1.29, 1.82) is 0 Å². The predicted octanol–water partition coefficient (Wildman–Crippen LogP) is 2.36. The largest absolute Gasteiger partial charge is 0.735 e. The molecule has 14 heavy (non-hydrogen) atoms. The zero-order valence-electron chi connectivity index (χ0n) is 8.49. The SMILES string of the molecule is CC(C)CCc1ccc(C(=O)[S-])nc1. The van der Waals surface area contributed by atoms with Crippen molar-refractivity contribution in [2.45, 2.75) is 26.7 Å². The fourth-order valence-electron chi connectivity index (χ4n) is 1.15. The van der Waals surface area contributed by atoms with Crippen LogP contribution in [0.2, 0.25) is 0 Å². The number of pyridine rings is 1. The Kier molecular flexibility index (Phi) is 4.01. The minimum Gasteiger partial charge on any atom is -0.735 e. The average molecular weight is 208 g/mol. The molecule has 0 N–H and O–H groups in total. The maximum Gasteiger partial charge on any atom is 0.0828 e. The molecule has 0 saturated heterocycles. The van der Waals surface area contributed by atoms with Crippen molar-refractivity contribution in [2.24, 2.45) is 5.92 Å². The number of rotatable bonds is 4. The van der Waals surface area contributed by atoms with Gasteiger partial charge in [-0.1, -0.05) is 19.9 Å². The maximum atomic E-state index is 10.8. The normalized spacial score (nSPS) is 10.5. The molecular formula is C11H14NOS-. The Bertz CT molecular complexity index is 306. The van der Waals surface area contributed by atoms with Gasteiger partial charge in [-0.3, -0.25) is 4.98 Å². The van der Waals surface area contributed by atoms with Gasteiger partial charge in [-0.25, -0.2) is 0 Å². The van der Waals surface area contributed by atoms with E-state index in [2.05, 4.69) is 31.5 Å². The molecule has 0 aliphatic carbocycles. The van der Waals surface area contributed by atoms with Crippen LogP contribution in [0.1, 0.15) is 36.3 Å². The van der Waals surface area contributed by atoms with Gasteiger partial charge in [0.05, 0.1) is 10.8 Å². The van der Waals surface area contributed by atoms with E-state index in [0.717, 1.165) is 12.8 Å². The number of carbonyl (C=O) groups excluding carboxylic acids is 1. The summed E-state index contributed by atoms with van der Waals surface area (Å²) in [4.78, 5) is 14.8. The van der Waals surface area contributed by atoms with Gasteiger partial charge in [0.15, 0.2) is 0 Å². The number of hydrogen-bond acceptors (Lipinski definition) is 3. The summed E-state index contributed by atoms with van der Waals surface area (Å²) in [6.45, 7) is 4.38. The molecule has 0 radical (unpaired) electrons. The van der Waals surface area contributed by atoms with Crippen molar-refractivity contribution >= 4 is 17.7 Å². The van der Waals surface area contributed by atoms with E-state index >= 15 is 0 Å². The zero-order chi connectivity index (χ0) is 10.6. The van der Waals surface area contributed by atoms with E-state index in [1.807, 2.05) is 6.07 Å². The molecule has 0 unspecified atom stereocenters. The van der Waals surface area contributed by atoms with E-state index in [1.165, 1.54) is 5.56 Å². The molecule has 1 rings (SSSR count). The molecule has 0 atom stereocenters. The van der Waals surface area contributed by atoms with Crippen molar-refractivity contribution in [3.8, 4) is 0 Å². The van der Waals surface area contributed by atoms with Gasteiger partial charge in [0.25, 0.3) is 0 Å². The van der Waals surface area contributed by atoms with Gasteiger partial charge < -0.3 is 17.4 Å². The standard InChI is InChI=1S/C11H15NOS/c1-8(2)3-4-9-5-6-10(11(13)14)12-7-9/h5-8H,3-4H2,1-2H3,(H,13,14)/p-1. The zero-order valence-corrected chi connectivity index (χ0v) is 9.30. The molecule has 1 heterocycles. The van der Waals surface area contributed by atoms with Crippen LogP contribution in [0.25, 0.3) is 0 Å². The number of hydrogen-bond donors (Lipinski definition) is 0. The Morgan fingerprint density at radius 1 is 1.50 bits per heavy atom. The summed E-state index contributed by atoms with van der Waals surface area (Å²) in [6, 6.07) is 3.62. The predicted molar refractivity (Wildman–Crippen MR) is 59.1 cm³/mol. The first-order valence-electron chi connectivity index (χ1n) is 4.76. The van der Waals surface area contributed by atoms with Crippen LogP contribution in [0.3, 0.4) is 0 Å². The summed E-state index contributed by atoms with van der Waals surface area (Å²) >= 11 is 4.49. The fourth-order valence-corrected chi connectivity index (χ4v) is 1.27. The monoisotopic (exact) mass is 208 g/mol. The van der Waals surface area contributed by atoms with Gasteiger partial charge in [0.2, 0.25) is 0 Å². The first kappa shape index (κ1) is 11.1. The second-order valence-corrected chi connectivity index (χ2v) is 4.14. The van der Waals surface area contributed by atoms with Crippen LogP contribution in [0.4, 0.5) is 0 Å². The minimum atomic E-state index is -0.389. The highest BCUT2D eigenvalue weighted by Gasteiger charge is 1.98. The molecule has 1 aromatic heterocycles. The molecule has 0 bridgehead atoms. The van der Waals surface area contributed by atoms with Gasteiger partial charge in [0, 0.05) is 6.20 Å². The van der Waals surface area contributed by atoms with Crippen LogP contribution in [-0.2, 0) is 19.0 Å². The Morgan fingerprint density at radius 3 is 2.64 bits per heavy atom. The van der Waals surface area contributed by atoms with Crippen LogP contribution in [-0.4, -0.2) is 10.1 Å². The number of aromatic nitrogens is 1. The fraction of sp³-hybridized carbons (Fsp3) is 0.455. The van der Waals surface area contributed by atoms with E-state index in [1.54, 1.807) is 12.3 Å². The molecule has 0 aromatic carbocycles. The Labute approximate surface area is 90.2 Å². The third-order valence-corrected chi connectivity index (χ3v) is 2.25. The lowest BCUT2D eigenvalue weighted by molar-refractivity contribution is 0.108. The van der Waals surface area contributed by atoms with Crippen LogP contribution < -0.4 is 0 Å². The highest BCUT2D eigenvalue weighted by molar-refractivity contribution is 7.77. The molecule has 0 saturated carbocycles. The minimum absolute atomic E-state index is 0.369. The Morgan fingerprint density at radius 2 is 2.21 bits per heavy atom. The molecule has 2 nitrogen and oxygen atoms in total. The maximum absolute atomic E-state index is 10.8. The van der Waals surface area contributed by atoms with Crippen molar-refractivity contribution in [2.75, 3.05) is 0 Å². The Hall–Kier alpha value is -0.960. The molecule has 0 aliphatic rings. The lowest BCUT2D eigenvalue weighted by Crippen LogP contribution is -1.99. The number of carbonyl (C=O) groups is 1. The molecule has 0 fully saturated rings. The quantitative estimate of drug-likeness (QED) is 0.711. The Balaban J connectivity index is 2.60. The summed E-state index contributed by atoms with van der Waals surface area (Å²) in [5.41, 5.74) is 1.53. The third kappa shape index (κ3) is 3.42. The van der Waals surface area contributed by atoms with Gasteiger partial charge in [-0.05, 0) is 30.4 Å². The first-order chi connectivity index (χ1) is 6.59. The lowest BCUT2D eigenvalue weighted by atomic mass is 10.0.